The van der Waals surface area contributed by atoms with E-state index in [1.165, 1.54) is 0 Å². The number of amides is 2. The highest BCUT2D eigenvalue weighted by atomic mass is 16.5. The normalized spacial score (nSPS) is 23.8. The lowest BCUT2D eigenvalue weighted by atomic mass is 9.92. The highest BCUT2D eigenvalue weighted by Gasteiger charge is 2.36. The standard InChI is InChI=1S/C23H27N3O4/c1-29-19-11-7-18(8-12-19)26-15-16(14-22(26)27)23(28)25-17-5-9-20(10-6-17)30-21-4-2-3-13-24-21/h2-4,7-8,11-13,16-17,20H,5-6,9-10,14-15H2,1H3,(H,25,28). The second-order valence-corrected chi connectivity index (χ2v) is 7.87. The van der Waals surface area contributed by atoms with E-state index in [0.717, 1.165) is 37.1 Å². The van der Waals surface area contributed by atoms with E-state index < -0.39 is 0 Å². The minimum Gasteiger partial charge on any atom is -0.497 e. The van der Waals surface area contributed by atoms with Crippen LogP contribution in [0.1, 0.15) is 32.1 Å². The lowest BCUT2D eigenvalue weighted by Gasteiger charge is -2.29. The summed E-state index contributed by atoms with van der Waals surface area (Å²) in [5.74, 6) is 1.01. The van der Waals surface area contributed by atoms with Crippen LogP contribution in [0.4, 0.5) is 5.69 Å². The number of aromatic nitrogens is 1. The third-order valence-electron chi connectivity index (χ3n) is 5.83. The summed E-state index contributed by atoms with van der Waals surface area (Å²) in [5.41, 5.74) is 0.795. The Kier molecular flexibility index (Phi) is 6.16. The van der Waals surface area contributed by atoms with Gasteiger partial charge in [0.25, 0.3) is 0 Å². The zero-order chi connectivity index (χ0) is 20.9. The third-order valence-corrected chi connectivity index (χ3v) is 5.83. The smallest absolute Gasteiger partial charge is 0.227 e. The van der Waals surface area contributed by atoms with Crippen LogP contribution in [0.2, 0.25) is 0 Å². The molecule has 1 aromatic carbocycles. The molecular formula is C23H27N3O4. The molecule has 0 spiro atoms. The monoisotopic (exact) mass is 409 g/mol. The summed E-state index contributed by atoms with van der Waals surface area (Å²) < 4.78 is 11.1. The van der Waals surface area contributed by atoms with Gasteiger partial charge in [-0.15, -0.1) is 0 Å². The first-order valence-corrected chi connectivity index (χ1v) is 10.4. The van der Waals surface area contributed by atoms with Crippen molar-refractivity contribution in [3.05, 3.63) is 48.7 Å². The number of ether oxygens (including phenoxy) is 2. The van der Waals surface area contributed by atoms with Gasteiger partial charge in [0, 0.05) is 37.0 Å². The Morgan fingerprint density at radius 1 is 1.10 bits per heavy atom. The van der Waals surface area contributed by atoms with E-state index in [1.807, 2.05) is 42.5 Å². The molecule has 4 rings (SSSR count). The fourth-order valence-corrected chi connectivity index (χ4v) is 4.13. The molecule has 7 nitrogen and oxygen atoms in total. The van der Waals surface area contributed by atoms with Gasteiger partial charge >= 0.3 is 0 Å². The van der Waals surface area contributed by atoms with Crippen LogP contribution in [0.15, 0.2) is 48.7 Å². The van der Waals surface area contributed by atoms with Gasteiger partial charge in [-0.25, -0.2) is 4.98 Å². The van der Waals surface area contributed by atoms with Crippen molar-refractivity contribution >= 4 is 17.5 Å². The molecule has 1 aliphatic heterocycles. The summed E-state index contributed by atoms with van der Waals surface area (Å²) in [6.45, 7) is 0.412. The molecular weight excluding hydrogens is 382 g/mol. The predicted octanol–water partition coefficient (Wildman–Crippen LogP) is 2.95. The van der Waals surface area contributed by atoms with Crippen molar-refractivity contribution < 1.29 is 19.1 Å². The number of methoxy groups -OCH3 is 1. The largest absolute Gasteiger partial charge is 0.497 e. The number of pyridine rings is 1. The molecule has 0 radical (unpaired) electrons. The van der Waals surface area contributed by atoms with E-state index in [9.17, 15) is 9.59 Å². The molecule has 158 valence electrons. The number of rotatable bonds is 6. The zero-order valence-corrected chi connectivity index (χ0v) is 17.1. The molecule has 0 bridgehead atoms. The van der Waals surface area contributed by atoms with Crippen molar-refractivity contribution in [1.29, 1.82) is 0 Å². The summed E-state index contributed by atoms with van der Waals surface area (Å²) in [6, 6.07) is 13.1. The molecule has 1 unspecified atom stereocenters. The lowest BCUT2D eigenvalue weighted by molar-refractivity contribution is -0.127. The van der Waals surface area contributed by atoms with Crippen LogP contribution in [0.25, 0.3) is 0 Å². The average Bonchev–Trinajstić information content (AvgIpc) is 3.18. The number of hydrogen-bond acceptors (Lipinski definition) is 5. The second kappa shape index (κ2) is 9.15. The Hall–Kier alpha value is -3.09. The van der Waals surface area contributed by atoms with Crippen LogP contribution >= 0.6 is 0 Å². The molecule has 1 aliphatic carbocycles. The van der Waals surface area contributed by atoms with Gasteiger partial charge in [-0.05, 0) is 56.0 Å². The maximum atomic E-state index is 12.8. The maximum Gasteiger partial charge on any atom is 0.227 e. The first-order valence-electron chi connectivity index (χ1n) is 10.4. The van der Waals surface area contributed by atoms with E-state index in [1.54, 1.807) is 18.2 Å². The topological polar surface area (TPSA) is 80.8 Å². The molecule has 1 aromatic heterocycles. The van der Waals surface area contributed by atoms with Crippen molar-refractivity contribution in [2.75, 3.05) is 18.6 Å². The SMILES string of the molecule is COc1ccc(N2CC(C(=O)NC3CCC(Oc4ccccn4)CC3)CC2=O)cc1. The highest BCUT2D eigenvalue weighted by Crippen LogP contribution is 2.28. The van der Waals surface area contributed by atoms with E-state index in [-0.39, 0.29) is 36.3 Å². The average molecular weight is 409 g/mol. The van der Waals surface area contributed by atoms with Gasteiger partial charge in [-0.2, -0.15) is 0 Å². The van der Waals surface area contributed by atoms with Crippen molar-refractivity contribution in [2.45, 2.75) is 44.2 Å². The molecule has 1 atom stereocenters. The van der Waals surface area contributed by atoms with Gasteiger partial charge in [0.15, 0.2) is 0 Å². The van der Waals surface area contributed by atoms with E-state index in [2.05, 4.69) is 10.3 Å². The quantitative estimate of drug-likeness (QED) is 0.793. The van der Waals surface area contributed by atoms with Crippen LogP contribution in [0, 0.1) is 5.92 Å². The minimum absolute atomic E-state index is 0.0206. The molecule has 2 heterocycles. The van der Waals surface area contributed by atoms with Crippen LogP contribution in [-0.4, -0.2) is 42.6 Å². The van der Waals surface area contributed by atoms with Crippen molar-refractivity contribution in [1.82, 2.24) is 10.3 Å². The molecule has 1 saturated heterocycles. The van der Waals surface area contributed by atoms with Gasteiger partial charge < -0.3 is 19.7 Å². The maximum absolute atomic E-state index is 12.8. The summed E-state index contributed by atoms with van der Waals surface area (Å²) in [6.07, 6.45) is 5.59. The second-order valence-electron chi connectivity index (χ2n) is 7.87. The van der Waals surface area contributed by atoms with Crippen LogP contribution < -0.4 is 19.7 Å². The minimum atomic E-state index is -0.318. The summed E-state index contributed by atoms with van der Waals surface area (Å²) in [5, 5.41) is 3.15. The van der Waals surface area contributed by atoms with Crippen molar-refractivity contribution in [2.24, 2.45) is 5.92 Å². The van der Waals surface area contributed by atoms with Gasteiger partial charge in [-0.1, -0.05) is 6.07 Å². The van der Waals surface area contributed by atoms with Gasteiger partial charge in [0.05, 0.1) is 13.0 Å². The molecule has 2 aromatic rings. The number of benzene rings is 1. The third kappa shape index (κ3) is 4.72. The number of nitrogens with zero attached hydrogens (tertiary/aromatic N) is 2. The van der Waals surface area contributed by atoms with Crippen LogP contribution in [0.3, 0.4) is 0 Å². The number of carbonyl (C=O) groups is 2. The molecule has 1 saturated carbocycles. The summed E-state index contributed by atoms with van der Waals surface area (Å²) in [4.78, 5) is 31.1. The molecule has 30 heavy (non-hydrogen) atoms. The Morgan fingerprint density at radius 2 is 1.87 bits per heavy atom. The number of hydrogen-bond donors (Lipinski definition) is 1. The lowest BCUT2D eigenvalue weighted by Crippen LogP contribution is -2.43. The fourth-order valence-electron chi connectivity index (χ4n) is 4.13. The van der Waals surface area contributed by atoms with Crippen LogP contribution in [0.5, 0.6) is 11.6 Å². The first kappa shape index (κ1) is 20.2. The summed E-state index contributed by atoms with van der Waals surface area (Å²) >= 11 is 0. The van der Waals surface area contributed by atoms with Crippen molar-refractivity contribution in [3.63, 3.8) is 0 Å². The Bertz CT molecular complexity index is 864. The molecule has 2 aliphatic rings. The summed E-state index contributed by atoms with van der Waals surface area (Å²) in [7, 11) is 1.61. The molecule has 2 fully saturated rings. The number of carbonyl (C=O) groups excluding carboxylic acids is 2. The van der Waals surface area contributed by atoms with Crippen molar-refractivity contribution in [3.8, 4) is 11.6 Å². The Morgan fingerprint density at radius 3 is 2.53 bits per heavy atom. The number of anilines is 1. The first-order chi connectivity index (χ1) is 14.6. The van der Waals surface area contributed by atoms with E-state index in [0.29, 0.717) is 12.4 Å². The Labute approximate surface area is 176 Å². The van der Waals surface area contributed by atoms with E-state index in [4.69, 9.17) is 9.47 Å². The van der Waals surface area contributed by atoms with Crippen LogP contribution in [-0.2, 0) is 9.59 Å². The zero-order valence-electron chi connectivity index (χ0n) is 17.1. The van der Waals surface area contributed by atoms with Gasteiger partial charge in [0.1, 0.15) is 11.9 Å². The predicted molar refractivity (Wildman–Crippen MR) is 113 cm³/mol. The fraction of sp³-hybridized carbons (Fsp3) is 0.435. The molecule has 1 N–H and O–H groups in total. The number of nitrogens with one attached hydrogen (secondary N) is 1. The van der Waals surface area contributed by atoms with Gasteiger partial charge in [-0.3, -0.25) is 9.59 Å². The molecule has 2 amide bonds. The Balaban J connectivity index is 1.26. The van der Waals surface area contributed by atoms with E-state index >= 15 is 0 Å². The highest BCUT2D eigenvalue weighted by molar-refractivity contribution is 6.00. The molecule has 7 heteroatoms. The van der Waals surface area contributed by atoms with Gasteiger partial charge in [0.2, 0.25) is 17.7 Å².